The second kappa shape index (κ2) is 10.9. The molecule has 0 aromatic heterocycles. The molecule has 2 aromatic carbocycles. The van der Waals surface area contributed by atoms with E-state index in [9.17, 15) is 23.2 Å². The van der Waals surface area contributed by atoms with Crippen LogP contribution in [-0.2, 0) is 9.59 Å². The Bertz CT molecular complexity index is 933. The molecular formula is C21H23F2N3O5. The molecule has 166 valence electrons. The summed E-state index contributed by atoms with van der Waals surface area (Å²) in [6, 6.07) is 10.2. The van der Waals surface area contributed by atoms with E-state index in [1.807, 2.05) is 0 Å². The van der Waals surface area contributed by atoms with Crippen LogP contribution in [0.1, 0.15) is 24.2 Å². The zero-order chi connectivity index (χ0) is 23.0. The van der Waals surface area contributed by atoms with E-state index in [1.165, 1.54) is 25.3 Å². The Morgan fingerprint density at radius 3 is 2.10 bits per heavy atom. The van der Waals surface area contributed by atoms with Gasteiger partial charge in [0.25, 0.3) is 5.91 Å². The number of nitrogens with one attached hydrogen (secondary N) is 3. The normalized spacial score (nSPS) is 10.5. The average molecular weight is 435 g/mol. The van der Waals surface area contributed by atoms with Gasteiger partial charge >= 0.3 is 6.61 Å². The first-order valence-corrected chi connectivity index (χ1v) is 9.31. The first-order valence-electron chi connectivity index (χ1n) is 9.31. The van der Waals surface area contributed by atoms with Crippen LogP contribution in [0.3, 0.4) is 0 Å². The standard InChI is InChI=1S/C21H23F2N3O5/c1-12(2)19(28)26-15-7-5-14(6-8-15)25-18(27)11-24-20(29)13-4-9-16(31-21(22)23)17(10-13)30-3/h4-10,12,21H,11H2,1-3H3,(H,24,29)(H,25,27)(H,26,28). The molecule has 2 aromatic rings. The Balaban J connectivity index is 1.89. The number of halogens is 2. The fourth-order valence-electron chi connectivity index (χ4n) is 2.39. The fraction of sp³-hybridized carbons (Fsp3) is 0.286. The quantitative estimate of drug-likeness (QED) is 0.561. The molecule has 0 aliphatic heterocycles. The Morgan fingerprint density at radius 2 is 1.55 bits per heavy atom. The number of benzene rings is 2. The van der Waals surface area contributed by atoms with Gasteiger partial charge in [0.15, 0.2) is 11.5 Å². The highest BCUT2D eigenvalue weighted by Gasteiger charge is 2.15. The molecule has 3 N–H and O–H groups in total. The lowest BCUT2D eigenvalue weighted by Gasteiger charge is -2.12. The van der Waals surface area contributed by atoms with Gasteiger partial charge < -0.3 is 25.4 Å². The topological polar surface area (TPSA) is 106 Å². The Hall–Kier alpha value is -3.69. The number of methoxy groups -OCH3 is 1. The molecule has 0 radical (unpaired) electrons. The van der Waals surface area contributed by atoms with Gasteiger partial charge in [-0.05, 0) is 42.5 Å². The highest BCUT2D eigenvalue weighted by Crippen LogP contribution is 2.29. The van der Waals surface area contributed by atoms with Crippen molar-refractivity contribution in [1.29, 1.82) is 0 Å². The molecule has 0 saturated carbocycles. The van der Waals surface area contributed by atoms with E-state index in [0.717, 1.165) is 0 Å². The summed E-state index contributed by atoms with van der Waals surface area (Å²) in [5, 5.41) is 7.77. The molecule has 0 bridgehead atoms. The van der Waals surface area contributed by atoms with Crippen molar-refractivity contribution in [2.75, 3.05) is 24.3 Å². The van der Waals surface area contributed by atoms with E-state index in [1.54, 1.807) is 38.1 Å². The first-order chi connectivity index (χ1) is 14.7. The number of ether oxygens (including phenoxy) is 2. The summed E-state index contributed by atoms with van der Waals surface area (Å²) in [4.78, 5) is 36.0. The van der Waals surface area contributed by atoms with Gasteiger partial charge in [-0.1, -0.05) is 13.8 Å². The third-order valence-corrected chi connectivity index (χ3v) is 4.01. The second-order valence-electron chi connectivity index (χ2n) is 6.70. The first kappa shape index (κ1) is 23.6. The number of hydrogen-bond acceptors (Lipinski definition) is 5. The minimum Gasteiger partial charge on any atom is -0.493 e. The summed E-state index contributed by atoms with van der Waals surface area (Å²) in [7, 11) is 1.25. The van der Waals surface area contributed by atoms with E-state index in [4.69, 9.17) is 4.74 Å². The molecule has 0 spiro atoms. The predicted octanol–water partition coefficient (Wildman–Crippen LogP) is 3.26. The van der Waals surface area contributed by atoms with Crippen LogP contribution in [0.25, 0.3) is 0 Å². The average Bonchev–Trinajstić information content (AvgIpc) is 2.73. The molecule has 3 amide bonds. The summed E-state index contributed by atoms with van der Waals surface area (Å²) in [6.07, 6.45) is 0. The number of amides is 3. The van der Waals surface area contributed by atoms with Crippen molar-refractivity contribution in [1.82, 2.24) is 5.32 Å². The molecule has 0 atom stereocenters. The molecule has 8 nitrogen and oxygen atoms in total. The molecule has 0 aliphatic carbocycles. The van der Waals surface area contributed by atoms with Gasteiger partial charge in [-0.2, -0.15) is 8.78 Å². The largest absolute Gasteiger partial charge is 0.493 e. The van der Waals surface area contributed by atoms with Crippen LogP contribution in [0.2, 0.25) is 0 Å². The lowest BCUT2D eigenvalue weighted by atomic mass is 10.2. The molecule has 0 fully saturated rings. The maximum absolute atomic E-state index is 12.4. The molecule has 0 saturated heterocycles. The number of alkyl halides is 2. The molecule has 0 heterocycles. The van der Waals surface area contributed by atoms with Crippen molar-refractivity contribution < 1.29 is 32.6 Å². The Labute approximate surface area is 177 Å². The van der Waals surface area contributed by atoms with Gasteiger partial charge in [0.2, 0.25) is 11.8 Å². The van der Waals surface area contributed by atoms with Gasteiger partial charge in [0.1, 0.15) is 0 Å². The van der Waals surface area contributed by atoms with Gasteiger partial charge in [0, 0.05) is 22.9 Å². The summed E-state index contributed by atoms with van der Waals surface area (Å²) >= 11 is 0. The third-order valence-electron chi connectivity index (χ3n) is 4.01. The maximum Gasteiger partial charge on any atom is 0.387 e. The monoisotopic (exact) mass is 435 g/mol. The van der Waals surface area contributed by atoms with Crippen LogP contribution < -0.4 is 25.4 Å². The lowest BCUT2D eigenvalue weighted by molar-refractivity contribution is -0.119. The number of anilines is 2. The number of hydrogen-bond donors (Lipinski definition) is 3. The Morgan fingerprint density at radius 1 is 0.935 bits per heavy atom. The smallest absolute Gasteiger partial charge is 0.387 e. The van der Waals surface area contributed by atoms with E-state index in [2.05, 4.69) is 20.7 Å². The van der Waals surface area contributed by atoms with Crippen molar-refractivity contribution in [2.24, 2.45) is 5.92 Å². The lowest BCUT2D eigenvalue weighted by Crippen LogP contribution is -2.32. The highest BCUT2D eigenvalue weighted by atomic mass is 19.3. The van der Waals surface area contributed by atoms with Gasteiger partial charge in [-0.15, -0.1) is 0 Å². The minimum atomic E-state index is -3.03. The molecule has 0 unspecified atom stereocenters. The zero-order valence-electron chi connectivity index (χ0n) is 17.2. The number of carbonyl (C=O) groups is 3. The van der Waals surface area contributed by atoms with Crippen molar-refractivity contribution in [3.8, 4) is 11.5 Å². The molecule has 31 heavy (non-hydrogen) atoms. The van der Waals surface area contributed by atoms with Crippen molar-refractivity contribution in [3.63, 3.8) is 0 Å². The minimum absolute atomic E-state index is 0.0398. The number of rotatable bonds is 9. The van der Waals surface area contributed by atoms with Crippen LogP contribution in [0, 0.1) is 5.92 Å². The molecule has 0 aliphatic rings. The number of carbonyl (C=O) groups excluding carboxylic acids is 3. The van der Waals surface area contributed by atoms with Crippen LogP contribution in [0.4, 0.5) is 20.2 Å². The van der Waals surface area contributed by atoms with Crippen molar-refractivity contribution in [2.45, 2.75) is 20.5 Å². The van der Waals surface area contributed by atoms with E-state index in [-0.39, 0.29) is 35.4 Å². The fourth-order valence-corrected chi connectivity index (χ4v) is 2.39. The van der Waals surface area contributed by atoms with Gasteiger partial charge in [0.05, 0.1) is 13.7 Å². The third kappa shape index (κ3) is 7.25. The van der Waals surface area contributed by atoms with Crippen LogP contribution >= 0.6 is 0 Å². The van der Waals surface area contributed by atoms with Gasteiger partial charge in [-0.25, -0.2) is 0 Å². The summed E-state index contributed by atoms with van der Waals surface area (Å²) in [5.41, 5.74) is 1.19. The second-order valence-corrected chi connectivity index (χ2v) is 6.70. The van der Waals surface area contributed by atoms with Crippen LogP contribution in [0.15, 0.2) is 42.5 Å². The van der Waals surface area contributed by atoms with Crippen LogP contribution in [0.5, 0.6) is 11.5 Å². The molecule has 2 rings (SSSR count). The van der Waals surface area contributed by atoms with E-state index in [0.29, 0.717) is 11.4 Å². The predicted molar refractivity (Wildman–Crippen MR) is 110 cm³/mol. The summed E-state index contributed by atoms with van der Waals surface area (Å²) < 4.78 is 34.0. The molecule has 10 heteroatoms. The zero-order valence-corrected chi connectivity index (χ0v) is 17.2. The SMILES string of the molecule is COc1cc(C(=O)NCC(=O)Nc2ccc(NC(=O)C(C)C)cc2)ccc1OC(F)F. The van der Waals surface area contributed by atoms with Crippen LogP contribution in [-0.4, -0.2) is 38.0 Å². The summed E-state index contributed by atoms with van der Waals surface area (Å²) in [5.74, 6) is -1.59. The highest BCUT2D eigenvalue weighted by molar-refractivity contribution is 6.00. The van der Waals surface area contributed by atoms with Crippen molar-refractivity contribution >= 4 is 29.1 Å². The summed E-state index contributed by atoms with van der Waals surface area (Å²) in [6.45, 7) is 0.208. The van der Waals surface area contributed by atoms with E-state index < -0.39 is 18.4 Å². The van der Waals surface area contributed by atoms with E-state index >= 15 is 0 Å². The van der Waals surface area contributed by atoms with Crippen molar-refractivity contribution in [3.05, 3.63) is 48.0 Å². The Kier molecular flexibility index (Phi) is 8.30. The van der Waals surface area contributed by atoms with Gasteiger partial charge in [-0.3, -0.25) is 14.4 Å². The maximum atomic E-state index is 12.4. The molecular weight excluding hydrogens is 412 g/mol.